The molecule has 0 aliphatic carbocycles. The molecular weight excluding hydrogens is 134 g/mol. The number of hydrogen-bond donors (Lipinski definition) is 2. The van der Waals surface area contributed by atoms with E-state index in [1.54, 1.807) is 6.92 Å². The van der Waals surface area contributed by atoms with Gasteiger partial charge in [0, 0.05) is 0 Å². The maximum absolute atomic E-state index is 10.2. The third kappa shape index (κ3) is 2.90. The fourth-order valence-corrected chi connectivity index (χ4v) is 0.671. The van der Waals surface area contributed by atoms with Crippen LogP contribution in [0.4, 0.5) is 0 Å². The van der Waals surface area contributed by atoms with Crippen LogP contribution in [0, 0.1) is 0 Å². The number of sulfonamides is 1. The van der Waals surface area contributed by atoms with Gasteiger partial charge in [-0.1, -0.05) is 0 Å². The van der Waals surface area contributed by atoms with Gasteiger partial charge in [-0.3, -0.25) is 0 Å². The van der Waals surface area contributed by atoms with Crippen molar-refractivity contribution in [2.45, 2.75) is 6.92 Å². The molecule has 0 radical (unpaired) electrons. The maximum atomic E-state index is 10.2. The van der Waals surface area contributed by atoms with Gasteiger partial charge in [0.2, 0.25) is 0 Å². The molecule has 0 saturated carbocycles. The van der Waals surface area contributed by atoms with Crippen molar-refractivity contribution in [3.05, 3.63) is 0 Å². The lowest BCUT2D eigenvalue weighted by Gasteiger charge is -1.86. The number of thiol groups is 1. The SMILES string of the molecule is CCS(=O)(=O)[NH2+]S. The van der Waals surface area contributed by atoms with Crippen molar-refractivity contribution in [2.24, 2.45) is 0 Å². The Balaban J connectivity index is 3.89. The third-order valence-electron chi connectivity index (χ3n) is 0.563. The molecule has 0 aromatic rings. The highest BCUT2D eigenvalue weighted by Gasteiger charge is 2.03. The maximum Gasteiger partial charge on any atom is 0.304 e. The molecule has 3 nitrogen and oxygen atoms in total. The summed E-state index contributed by atoms with van der Waals surface area (Å²) in [5, 5.41) is 0. The van der Waals surface area contributed by atoms with E-state index in [0.717, 1.165) is 4.13 Å². The molecule has 0 bridgehead atoms. The van der Waals surface area contributed by atoms with Gasteiger partial charge >= 0.3 is 10.0 Å². The van der Waals surface area contributed by atoms with Crippen LogP contribution in [0.2, 0.25) is 0 Å². The molecule has 0 aromatic carbocycles. The summed E-state index contributed by atoms with van der Waals surface area (Å²) in [7, 11) is -2.92. The molecule has 5 heteroatoms. The highest BCUT2D eigenvalue weighted by molar-refractivity contribution is 7.92. The van der Waals surface area contributed by atoms with Crippen LogP contribution in [0.25, 0.3) is 0 Å². The summed E-state index contributed by atoms with van der Waals surface area (Å²) in [6, 6.07) is 0. The summed E-state index contributed by atoms with van der Waals surface area (Å²) in [5.74, 6) is 0.135. The van der Waals surface area contributed by atoms with Crippen LogP contribution in [0.3, 0.4) is 0 Å². The first-order valence-corrected chi connectivity index (χ1v) is 4.05. The van der Waals surface area contributed by atoms with Crippen LogP contribution in [-0.2, 0) is 10.0 Å². The van der Waals surface area contributed by atoms with E-state index in [1.807, 2.05) is 0 Å². The quantitative estimate of drug-likeness (QED) is 0.473. The zero-order valence-corrected chi connectivity index (χ0v) is 5.67. The monoisotopic (exact) mass is 142 g/mol. The summed E-state index contributed by atoms with van der Waals surface area (Å²) in [6.45, 7) is 1.57. The smallest absolute Gasteiger partial charge is 0.183 e. The van der Waals surface area contributed by atoms with E-state index in [4.69, 9.17) is 0 Å². The van der Waals surface area contributed by atoms with Gasteiger partial charge in [-0.2, -0.15) is 12.5 Å². The number of quaternary nitrogens is 1. The molecule has 7 heavy (non-hydrogen) atoms. The molecule has 44 valence electrons. The Labute approximate surface area is 48.7 Å². The van der Waals surface area contributed by atoms with E-state index in [2.05, 4.69) is 12.8 Å². The highest BCUT2D eigenvalue weighted by Crippen LogP contribution is 1.68. The number of nitrogens with two attached hydrogens (primary N) is 1. The van der Waals surface area contributed by atoms with E-state index in [-0.39, 0.29) is 5.75 Å². The molecule has 0 aromatic heterocycles. The lowest BCUT2D eigenvalue weighted by molar-refractivity contribution is -0.284. The third-order valence-corrected chi connectivity index (χ3v) is 2.65. The van der Waals surface area contributed by atoms with Crippen molar-refractivity contribution in [2.75, 3.05) is 5.75 Å². The Hall–Kier alpha value is 0.260. The second-order valence-corrected chi connectivity index (χ2v) is 3.80. The van der Waals surface area contributed by atoms with Crippen LogP contribution >= 0.6 is 12.8 Å². The van der Waals surface area contributed by atoms with E-state index >= 15 is 0 Å². The molecule has 0 heterocycles. The summed E-state index contributed by atoms with van der Waals surface area (Å²) in [6.07, 6.45) is 0. The lowest BCUT2D eigenvalue weighted by atomic mass is 11.0. The number of primary sulfonamides is 1. The Kier molecular flexibility index (Phi) is 2.63. The van der Waals surface area contributed by atoms with Gasteiger partial charge in [0.1, 0.15) is 0 Å². The van der Waals surface area contributed by atoms with Gasteiger partial charge in [-0.05, 0) is 6.92 Å². The van der Waals surface area contributed by atoms with Crippen molar-refractivity contribution >= 4 is 22.8 Å². The van der Waals surface area contributed by atoms with Crippen molar-refractivity contribution in [3.8, 4) is 0 Å². The van der Waals surface area contributed by atoms with Crippen molar-refractivity contribution in [1.82, 2.24) is 0 Å². The Morgan fingerprint density at radius 1 is 1.71 bits per heavy atom. The molecule has 0 saturated heterocycles. The molecule has 0 fully saturated rings. The van der Waals surface area contributed by atoms with Crippen LogP contribution < -0.4 is 4.13 Å². The zero-order valence-electron chi connectivity index (χ0n) is 3.96. The predicted molar refractivity (Wildman–Crippen MR) is 30.4 cm³/mol. The standard InChI is InChI=1S/C2H7NO2S2/c1-2-7(4,5)3-6/h3,6H,2H2,1H3/p+1. The molecule has 0 unspecified atom stereocenters. The van der Waals surface area contributed by atoms with Crippen molar-refractivity contribution in [3.63, 3.8) is 0 Å². The first-order chi connectivity index (χ1) is 3.12. The van der Waals surface area contributed by atoms with Crippen LogP contribution in [0.1, 0.15) is 6.92 Å². The predicted octanol–water partition coefficient (Wildman–Crippen LogP) is -1.26. The van der Waals surface area contributed by atoms with Gasteiger partial charge in [0.15, 0.2) is 0 Å². The van der Waals surface area contributed by atoms with Gasteiger partial charge in [-0.25, -0.2) is 0 Å². The van der Waals surface area contributed by atoms with Crippen LogP contribution in [0.5, 0.6) is 0 Å². The Morgan fingerprint density at radius 3 is 2.14 bits per heavy atom. The van der Waals surface area contributed by atoms with E-state index in [1.165, 1.54) is 0 Å². The molecule has 0 atom stereocenters. The molecule has 0 spiro atoms. The van der Waals surface area contributed by atoms with Crippen LogP contribution in [-0.4, -0.2) is 14.2 Å². The zero-order chi connectivity index (χ0) is 5.91. The molecule has 2 N–H and O–H groups in total. The first-order valence-electron chi connectivity index (χ1n) is 1.82. The Bertz CT molecular complexity index is 117. The van der Waals surface area contributed by atoms with E-state index in [0.29, 0.717) is 0 Å². The van der Waals surface area contributed by atoms with E-state index < -0.39 is 10.0 Å². The fraction of sp³-hybridized carbons (Fsp3) is 1.00. The molecule has 0 aliphatic heterocycles. The lowest BCUT2D eigenvalue weighted by Crippen LogP contribution is -2.77. The molecule has 0 rings (SSSR count). The van der Waals surface area contributed by atoms with Crippen molar-refractivity contribution < 1.29 is 12.5 Å². The minimum Gasteiger partial charge on any atom is -0.183 e. The number of hydrogen-bond acceptors (Lipinski definition) is 3. The van der Waals surface area contributed by atoms with Gasteiger partial charge in [0.25, 0.3) is 0 Å². The second kappa shape index (κ2) is 2.54. The second-order valence-electron chi connectivity index (χ2n) is 1.06. The average Bonchev–Trinajstić information content (AvgIpc) is 1.68. The topological polar surface area (TPSA) is 50.8 Å². The average molecular weight is 142 g/mol. The normalized spacial score (nSPS) is 11.7. The summed E-state index contributed by atoms with van der Waals surface area (Å²) >= 11 is 3.47. The minimum atomic E-state index is -2.92. The summed E-state index contributed by atoms with van der Waals surface area (Å²) in [5.41, 5.74) is 0. The number of rotatable bonds is 2. The summed E-state index contributed by atoms with van der Waals surface area (Å²) < 4.78 is 21.4. The van der Waals surface area contributed by atoms with Gasteiger partial charge in [-0.15, -0.1) is 0 Å². The van der Waals surface area contributed by atoms with Gasteiger partial charge in [0.05, 0.1) is 18.6 Å². The van der Waals surface area contributed by atoms with E-state index in [9.17, 15) is 8.42 Å². The highest BCUT2D eigenvalue weighted by atomic mass is 32.3. The summed E-state index contributed by atoms with van der Waals surface area (Å²) in [4.78, 5) is 0. The fourth-order valence-electron chi connectivity index (χ4n) is 0.0745. The molecule has 0 aliphatic rings. The Morgan fingerprint density at radius 2 is 2.14 bits per heavy atom. The largest absolute Gasteiger partial charge is 0.304 e. The first kappa shape index (κ1) is 7.26. The van der Waals surface area contributed by atoms with Crippen molar-refractivity contribution in [1.29, 1.82) is 0 Å². The molecular formula is C2H8NO2S2+. The molecule has 0 amide bonds. The minimum absolute atomic E-state index is 0.135. The van der Waals surface area contributed by atoms with Gasteiger partial charge < -0.3 is 0 Å². The van der Waals surface area contributed by atoms with Crippen LogP contribution in [0.15, 0.2) is 0 Å².